The molecule has 1 N–H and O–H groups in total. The van der Waals surface area contributed by atoms with E-state index in [1.54, 1.807) is 0 Å². The van der Waals surface area contributed by atoms with Crippen LogP contribution in [0.25, 0.3) is 0 Å². The third kappa shape index (κ3) is 59.6. The van der Waals surface area contributed by atoms with E-state index in [9.17, 15) is 0 Å². The van der Waals surface area contributed by atoms with Crippen molar-refractivity contribution in [3.05, 3.63) is 0 Å². The minimum Gasteiger partial charge on any atom is 0 e. The van der Waals surface area contributed by atoms with Gasteiger partial charge in [-0.25, -0.2) is 0 Å². The molecule has 0 rings (SSSR count). The number of hydrogen-bond donors (Lipinski definition) is 1. The molecule has 0 aliphatic rings. The molecule has 2 radical (unpaired) electrons. The largest absolute Gasteiger partial charge is 0 e. The molecule has 0 unspecified atom stereocenters. The first-order valence-corrected chi connectivity index (χ1v) is 3.34. The summed E-state index contributed by atoms with van der Waals surface area (Å²) < 4.78 is 24.6. The van der Waals surface area contributed by atoms with E-state index in [4.69, 9.17) is 10.1 Å². The summed E-state index contributed by atoms with van der Waals surface area (Å²) in [5.74, 6) is 0. The van der Waals surface area contributed by atoms with E-state index < -0.39 is 18.8 Å². The first-order chi connectivity index (χ1) is 1.73. The molecule has 7 heteroatoms. The zero-order chi connectivity index (χ0) is 3.58. The maximum atomic E-state index is 8.71. The summed E-state index contributed by atoms with van der Waals surface area (Å²) in [7, 11) is 0. The van der Waals surface area contributed by atoms with E-state index in [1.165, 1.54) is 0 Å². The molecule has 0 atom stereocenters. The van der Waals surface area contributed by atoms with Crippen LogP contribution in [0.1, 0.15) is 1.43 Å². The molecule has 0 saturated carbocycles. The van der Waals surface area contributed by atoms with Crippen molar-refractivity contribution in [3.8, 4) is 0 Å². The molecule has 0 aromatic heterocycles. The fourth-order valence-electron chi connectivity index (χ4n) is 0. The van der Waals surface area contributed by atoms with Crippen molar-refractivity contribution in [2.75, 3.05) is 0 Å². The second kappa shape index (κ2) is 15.8. The predicted molar refractivity (Wildman–Crippen MR) is 10.5 cm³/mol. The molecule has 0 fully saturated rings. The van der Waals surface area contributed by atoms with Crippen LogP contribution in [-0.2, 0) is 43.8 Å². The van der Waals surface area contributed by atoms with Gasteiger partial charge in [-0.05, 0) is 0 Å². The Labute approximate surface area is 93.6 Å². The van der Waals surface area contributed by atoms with E-state index in [-0.39, 0.29) is 66.1 Å². The van der Waals surface area contributed by atoms with E-state index in [2.05, 4.69) is 0 Å². The molecule has 7 heavy (non-hydrogen) atoms. The van der Waals surface area contributed by atoms with E-state index in [1.807, 2.05) is 0 Å². The zero-order valence-corrected chi connectivity index (χ0v) is 11.8. The molecule has 0 spiro atoms. The maximum Gasteiger partial charge on any atom is 0 e. The first kappa shape index (κ1) is 22.7. The summed E-state index contributed by atoms with van der Waals surface area (Å²) in [5.41, 5.74) is 0. The second-order valence-corrected chi connectivity index (χ2v) is 1.41. The topological polar surface area (TPSA) is 54.4 Å². The molecule has 0 saturated heterocycles. The summed E-state index contributed by atoms with van der Waals surface area (Å²) in [6.45, 7) is 0. The van der Waals surface area contributed by atoms with Gasteiger partial charge in [0.1, 0.15) is 0 Å². The van der Waals surface area contributed by atoms with Crippen LogP contribution in [0.3, 0.4) is 0 Å². The van der Waals surface area contributed by atoms with Gasteiger partial charge in [-0.3, -0.25) is 0 Å². The quantitative estimate of drug-likeness (QED) is 0.418. The smallest absolute Gasteiger partial charge is 0 e. The van der Waals surface area contributed by atoms with Gasteiger partial charge >= 0.3 is 47.8 Å². The van der Waals surface area contributed by atoms with Gasteiger partial charge < -0.3 is 1.43 Å². The van der Waals surface area contributed by atoms with Crippen LogP contribution in [0.2, 0.25) is 0 Å². The Morgan fingerprint density at radius 3 is 1.43 bits per heavy atom. The summed E-state index contributed by atoms with van der Waals surface area (Å²) in [6.07, 6.45) is 0. The second-order valence-electron chi connectivity index (χ2n) is 0.238. The predicted octanol–water partition coefficient (Wildman–Crippen LogP) is -4.06. The molecule has 0 amide bonds. The summed E-state index contributed by atoms with van der Waals surface area (Å²) in [4.78, 5) is 0. The van der Waals surface area contributed by atoms with Crippen LogP contribution in [0, 0.1) is 0 Å². The van der Waals surface area contributed by atoms with Gasteiger partial charge in [0, 0.05) is 45.9 Å². The molecule has 0 aromatic carbocycles. The summed E-state index contributed by atoms with van der Waals surface area (Å²) in [6, 6.07) is 0. The standard InChI is InChI=1S/Li.Nb.H2O.2O.Tl.V.H/h;;1H2;;;;;/q2*+1;;;;;;-1/p-1. The molecule has 0 aromatic rings. The Morgan fingerprint density at radius 2 is 1.43 bits per heavy atom. The number of rotatable bonds is 0. The van der Waals surface area contributed by atoms with Crippen LogP contribution in [0.15, 0.2) is 0 Å². The van der Waals surface area contributed by atoms with Gasteiger partial charge in [0.25, 0.3) is 0 Å². The molecule has 0 aliphatic carbocycles. The van der Waals surface area contributed by atoms with E-state index in [0.29, 0.717) is 0 Å². The normalized spacial score (nSPS) is 3.57. The van der Waals surface area contributed by atoms with E-state index >= 15 is 0 Å². The average Bonchev–Trinajstić information content (AvgIpc) is 0.811. The van der Waals surface area contributed by atoms with Crippen molar-refractivity contribution in [1.29, 1.82) is 0 Å². The fourth-order valence-corrected chi connectivity index (χ4v) is 0. The van der Waals surface area contributed by atoms with Crippen molar-refractivity contribution < 1.29 is 67.7 Å². The average molecular weight is 405 g/mol. The van der Waals surface area contributed by atoms with Gasteiger partial charge in [0.2, 0.25) is 0 Å². The van der Waals surface area contributed by atoms with Gasteiger partial charge in [-0.1, -0.05) is 0 Å². The molecular formula is H2LiNbO3TlV. The van der Waals surface area contributed by atoms with E-state index in [0.717, 1.165) is 0 Å². The van der Waals surface area contributed by atoms with Crippen molar-refractivity contribution in [2.24, 2.45) is 0 Å². The maximum absolute atomic E-state index is 8.71. The van der Waals surface area contributed by atoms with Crippen molar-refractivity contribution in [3.63, 3.8) is 0 Å². The monoisotopic (exact) mass is 406 g/mol. The van der Waals surface area contributed by atoms with Crippen molar-refractivity contribution in [2.45, 2.75) is 0 Å². The Balaban J connectivity index is -0.00000000750. The van der Waals surface area contributed by atoms with Gasteiger partial charge in [0.05, 0.1) is 0 Å². The SMILES string of the molecule is [H-].[Li+].[O]=[Nb](=[O])[OH].[Tl].[V]. The van der Waals surface area contributed by atoms with Crippen LogP contribution >= 0.6 is 0 Å². The molecular weight excluding hydrogens is 403 g/mol. The van der Waals surface area contributed by atoms with Gasteiger partial charge in [-0.2, -0.15) is 0 Å². The fraction of sp³-hybridized carbons (Fsp3) is 0. The molecule has 0 aliphatic heterocycles. The van der Waals surface area contributed by atoms with Crippen molar-refractivity contribution in [1.82, 2.24) is 0 Å². The first-order valence-electron chi connectivity index (χ1n) is 0.565. The van der Waals surface area contributed by atoms with Crippen LogP contribution in [-0.4, -0.2) is 30.9 Å². The summed E-state index contributed by atoms with van der Waals surface area (Å²) >= 11 is -3.95. The molecule has 0 heterocycles. The van der Waals surface area contributed by atoms with Crippen molar-refractivity contribution >= 4 is 27.3 Å². The van der Waals surface area contributed by atoms with Crippen LogP contribution < -0.4 is 18.9 Å². The molecule has 3 nitrogen and oxygen atoms in total. The third-order valence-electron chi connectivity index (χ3n) is 0. The van der Waals surface area contributed by atoms with Gasteiger partial charge in [-0.15, -0.1) is 0 Å². The minimum atomic E-state index is -3.95. The Kier molecular flexibility index (Phi) is 51.3. The molecule has 0 bridgehead atoms. The third-order valence-corrected chi connectivity index (χ3v) is 0. The zero-order valence-electron chi connectivity index (χ0n) is 4.74. The number of hydrogen-bond acceptors (Lipinski definition) is 2. The van der Waals surface area contributed by atoms with Crippen LogP contribution in [0.5, 0.6) is 0 Å². The van der Waals surface area contributed by atoms with Gasteiger partial charge in [0.15, 0.2) is 0 Å². The Hall–Kier alpha value is 2.40. The van der Waals surface area contributed by atoms with Crippen LogP contribution in [0.4, 0.5) is 0 Å². The molecule has 34 valence electrons. The summed E-state index contributed by atoms with van der Waals surface area (Å²) in [5, 5.41) is 0. The Bertz CT molecular complexity index is 67.7. The Morgan fingerprint density at radius 1 is 1.43 bits per heavy atom. The minimum absolute atomic E-state index is 0.